The molecule has 1 aromatic heterocycles. The van der Waals surface area contributed by atoms with E-state index in [9.17, 15) is 13.2 Å². The molecular formula is C21H24N2O6S2. The van der Waals surface area contributed by atoms with E-state index in [0.717, 1.165) is 4.70 Å². The summed E-state index contributed by atoms with van der Waals surface area (Å²) in [5.74, 6) is -0.417. The van der Waals surface area contributed by atoms with Gasteiger partial charge in [-0.05, 0) is 17.7 Å². The van der Waals surface area contributed by atoms with Crippen LogP contribution in [0.1, 0.15) is 5.56 Å². The number of carbonyl (C=O) groups excluding carboxylic acids is 1. The number of sulfone groups is 1. The van der Waals surface area contributed by atoms with Crippen LogP contribution in [-0.2, 0) is 31.7 Å². The van der Waals surface area contributed by atoms with Crippen LogP contribution in [0, 0.1) is 0 Å². The van der Waals surface area contributed by atoms with Gasteiger partial charge in [-0.1, -0.05) is 41.7 Å². The van der Waals surface area contributed by atoms with E-state index < -0.39 is 21.5 Å². The molecule has 0 N–H and O–H groups in total. The van der Waals surface area contributed by atoms with E-state index in [1.807, 2.05) is 0 Å². The molecule has 0 fully saturated rings. The zero-order valence-corrected chi connectivity index (χ0v) is 19.2. The van der Waals surface area contributed by atoms with Gasteiger partial charge in [0.2, 0.25) is 0 Å². The third kappa shape index (κ3) is 5.52. The van der Waals surface area contributed by atoms with Gasteiger partial charge < -0.3 is 18.8 Å². The van der Waals surface area contributed by atoms with E-state index in [0.29, 0.717) is 40.5 Å². The SMILES string of the molecule is COCCn1c(=NC(=O)CS(=O)(=O)Cc2ccccc2)sc2c(OC)ccc(OC)c21. The first-order valence-electron chi connectivity index (χ1n) is 9.43. The first-order valence-corrected chi connectivity index (χ1v) is 12.1. The molecule has 1 heterocycles. The van der Waals surface area contributed by atoms with Gasteiger partial charge in [-0.2, -0.15) is 4.99 Å². The van der Waals surface area contributed by atoms with Gasteiger partial charge >= 0.3 is 0 Å². The third-order valence-electron chi connectivity index (χ3n) is 4.50. The Balaban J connectivity index is 2.01. The van der Waals surface area contributed by atoms with Crippen LogP contribution < -0.4 is 14.3 Å². The Hall–Kier alpha value is -2.69. The number of amides is 1. The van der Waals surface area contributed by atoms with Crippen molar-refractivity contribution in [1.29, 1.82) is 0 Å². The first kappa shape index (κ1) is 23.0. The topological polar surface area (TPSA) is 96.2 Å². The zero-order valence-electron chi connectivity index (χ0n) is 17.5. The molecule has 3 aromatic rings. The maximum atomic E-state index is 12.6. The van der Waals surface area contributed by atoms with Crippen LogP contribution in [0.4, 0.5) is 0 Å². The predicted molar refractivity (Wildman–Crippen MR) is 119 cm³/mol. The number of aromatic nitrogens is 1. The van der Waals surface area contributed by atoms with Crippen LogP contribution in [-0.4, -0.2) is 52.6 Å². The smallest absolute Gasteiger partial charge is 0.263 e. The quantitative estimate of drug-likeness (QED) is 0.483. The van der Waals surface area contributed by atoms with Gasteiger partial charge in [-0.15, -0.1) is 0 Å². The summed E-state index contributed by atoms with van der Waals surface area (Å²) >= 11 is 1.23. The highest BCUT2D eigenvalue weighted by Crippen LogP contribution is 2.35. The van der Waals surface area contributed by atoms with Crippen LogP contribution >= 0.6 is 11.3 Å². The highest BCUT2D eigenvalue weighted by Gasteiger charge is 2.20. The lowest BCUT2D eigenvalue weighted by Crippen LogP contribution is -2.23. The van der Waals surface area contributed by atoms with Crippen LogP contribution in [0.15, 0.2) is 47.5 Å². The van der Waals surface area contributed by atoms with Crippen molar-refractivity contribution in [1.82, 2.24) is 4.57 Å². The fraction of sp³-hybridized carbons (Fsp3) is 0.333. The number of hydrogen-bond donors (Lipinski definition) is 0. The largest absolute Gasteiger partial charge is 0.495 e. The van der Waals surface area contributed by atoms with Crippen LogP contribution in [0.3, 0.4) is 0 Å². The normalized spacial score (nSPS) is 12.3. The van der Waals surface area contributed by atoms with Gasteiger partial charge in [0.15, 0.2) is 14.6 Å². The number of ether oxygens (including phenoxy) is 3. The average Bonchev–Trinajstić information content (AvgIpc) is 3.09. The Morgan fingerprint density at radius 2 is 1.71 bits per heavy atom. The number of thiazole rings is 1. The minimum absolute atomic E-state index is 0.215. The fourth-order valence-electron chi connectivity index (χ4n) is 3.14. The summed E-state index contributed by atoms with van der Waals surface area (Å²) in [4.78, 5) is 17.1. The highest BCUT2D eigenvalue weighted by atomic mass is 32.2. The van der Waals surface area contributed by atoms with Gasteiger partial charge in [0.25, 0.3) is 5.91 Å². The van der Waals surface area contributed by atoms with Gasteiger partial charge in [-0.25, -0.2) is 8.42 Å². The van der Waals surface area contributed by atoms with E-state index in [2.05, 4.69) is 4.99 Å². The molecule has 0 radical (unpaired) electrons. The number of hydrogen-bond acceptors (Lipinski definition) is 7. The van der Waals surface area contributed by atoms with Crippen molar-refractivity contribution in [2.24, 2.45) is 4.99 Å². The molecule has 166 valence electrons. The van der Waals surface area contributed by atoms with Crippen molar-refractivity contribution in [3.8, 4) is 11.5 Å². The van der Waals surface area contributed by atoms with E-state index in [1.165, 1.54) is 11.3 Å². The number of fused-ring (bicyclic) bond motifs is 1. The lowest BCUT2D eigenvalue weighted by molar-refractivity contribution is -0.115. The Morgan fingerprint density at radius 1 is 1.03 bits per heavy atom. The maximum Gasteiger partial charge on any atom is 0.263 e. The molecule has 2 aromatic carbocycles. The number of carbonyl (C=O) groups is 1. The molecule has 0 aliphatic rings. The molecule has 31 heavy (non-hydrogen) atoms. The number of methoxy groups -OCH3 is 3. The minimum Gasteiger partial charge on any atom is -0.495 e. The van der Waals surface area contributed by atoms with E-state index in [4.69, 9.17) is 14.2 Å². The van der Waals surface area contributed by atoms with Crippen molar-refractivity contribution < 1.29 is 27.4 Å². The van der Waals surface area contributed by atoms with E-state index in [1.54, 1.807) is 68.4 Å². The number of benzene rings is 2. The van der Waals surface area contributed by atoms with Gasteiger partial charge in [-0.3, -0.25) is 4.79 Å². The molecule has 0 saturated carbocycles. The van der Waals surface area contributed by atoms with Crippen molar-refractivity contribution in [3.05, 3.63) is 52.8 Å². The molecule has 0 aliphatic carbocycles. The third-order valence-corrected chi connectivity index (χ3v) is 7.06. The van der Waals surface area contributed by atoms with Gasteiger partial charge in [0.05, 0.1) is 26.6 Å². The summed E-state index contributed by atoms with van der Waals surface area (Å²) in [6, 6.07) is 12.3. The van der Waals surface area contributed by atoms with Crippen molar-refractivity contribution >= 4 is 37.3 Å². The molecule has 0 spiro atoms. The monoisotopic (exact) mass is 464 g/mol. The van der Waals surface area contributed by atoms with Gasteiger partial charge in [0.1, 0.15) is 27.5 Å². The summed E-state index contributed by atoms with van der Waals surface area (Å²) in [5.41, 5.74) is 1.34. The molecule has 0 aliphatic heterocycles. The van der Waals surface area contributed by atoms with Crippen molar-refractivity contribution in [2.75, 3.05) is 33.7 Å². The molecule has 0 saturated heterocycles. The zero-order chi connectivity index (χ0) is 22.4. The second-order valence-electron chi connectivity index (χ2n) is 6.70. The maximum absolute atomic E-state index is 12.6. The average molecular weight is 465 g/mol. The van der Waals surface area contributed by atoms with E-state index in [-0.39, 0.29) is 5.75 Å². The lowest BCUT2D eigenvalue weighted by atomic mass is 10.2. The second kappa shape index (κ2) is 10.1. The second-order valence-corrected chi connectivity index (χ2v) is 9.74. The lowest BCUT2D eigenvalue weighted by Gasteiger charge is -2.09. The Bertz CT molecular complexity index is 1230. The summed E-state index contributed by atoms with van der Waals surface area (Å²) < 4.78 is 43.6. The fourth-order valence-corrected chi connectivity index (χ4v) is 5.56. The Kier molecular flexibility index (Phi) is 7.47. The molecule has 8 nitrogen and oxygen atoms in total. The summed E-state index contributed by atoms with van der Waals surface area (Å²) in [5, 5.41) is 0. The molecule has 0 atom stereocenters. The standard InChI is InChI=1S/C21H24N2O6S2/c1-27-12-11-23-19-16(28-2)9-10-17(29-3)20(19)30-21(23)22-18(24)14-31(25,26)13-15-7-5-4-6-8-15/h4-10H,11-14H2,1-3H3. The predicted octanol–water partition coefficient (Wildman–Crippen LogP) is 2.41. The first-order chi connectivity index (χ1) is 14.9. The number of rotatable bonds is 9. The van der Waals surface area contributed by atoms with Crippen LogP contribution in [0.2, 0.25) is 0 Å². The Morgan fingerprint density at radius 3 is 2.35 bits per heavy atom. The van der Waals surface area contributed by atoms with Crippen LogP contribution in [0.25, 0.3) is 10.2 Å². The summed E-state index contributed by atoms with van der Waals surface area (Å²) in [6.07, 6.45) is 0. The molecule has 0 bridgehead atoms. The van der Waals surface area contributed by atoms with Crippen molar-refractivity contribution in [2.45, 2.75) is 12.3 Å². The highest BCUT2D eigenvalue weighted by molar-refractivity contribution is 7.91. The van der Waals surface area contributed by atoms with Crippen molar-refractivity contribution in [3.63, 3.8) is 0 Å². The van der Waals surface area contributed by atoms with Crippen LogP contribution in [0.5, 0.6) is 11.5 Å². The minimum atomic E-state index is -3.66. The molecule has 3 rings (SSSR count). The Labute approximate surface area is 184 Å². The summed E-state index contributed by atoms with van der Waals surface area (Å²) in [6.45, 7) is 0.781. The molecule has 0 unspecified atom stereocenters. The van der Waals surface area contributed by atoms with E-state index >= 15 is 0 Å². The summed E-state index contributed by atoms with van der Waals surface area (Å²) in [7, 11) is 1.02. The molecular weight excluding hydrogens is 440 g/mol. The molecule has 10 heteroatoms. The van der Waals surface area contributed by atoms with Gasteiger partial charge in [0, 0.05) is 13.7 Å². The molecule has 1 amide bonds. The number of nitrogens with zero attached hydrogens (tertiary/aromatic N) is 2.